The molecule has 5 heterocycles. The molecular weight excluding hydrogens is 492 g/mol. The van der Waals surface area contributed by atoms with E-state index in [4.69, 9.17) is 14.2 Å². The van der Waals surface area contributed by atoms with Crippen LogP contribution in [-0.2, 0) is 30.9 Å². The molecule has 1 aromatic carbocycles. The maximum atomic E-state index is 13.6. The topological polar surface area (TPSA) is 139 Å². The number of amides is 2. The SMILES string of the molecule is COc1ccc2cc1OCCn1cc(nn1)CO[C@H]1CN(C(=O)c3nnc4n3CCCCC4)C[C@@H]1NC2=O. The molecule has 13 nitrogen and oxygen atoms in total. The average Bonchev–Trinajstić information content (AvgIpc) is 3.61. The van der Waals surface area contributed by atoms with Crippen LogP contribution >= 0.6 is 0 Å². The van der Waals surface area contributed by atoms with Gasteiger partial charge in [-0.25, -0.2) is 4.68 Å². The smallest absolute Gasteiger partial charge is 0.291 e. The first-order chi connectivity index (χ1) is 18.6. The third-order valence-electron chi connectivity index (χ3n) is 7.21. The van der Waals surface area contributed by atoms with Gasteiger partial charge >= 0.3 is 0 Å². The molecule has 3 aliphatic rings. The Labute approximate surface area is 219 Å². The molecule has 1 saturated heterocycles. The molecule has 3 aromatic rings. The summed E-state index contributed by atoms with van der Waals surface area (Å²) in [6.45, 7) is 2.29. The van der Waals surface area contributed by atoms with Crippen molar-refractivity contribution in [3.05, 3.63) is 47.3 Å². The van der Waals surface area contributed by atoms with Crippen molar-refractivity contribution in [2.75, 3.05) is 26.8 Å². The number of carbonyl (C=O) groups excluding carboxylic acids is 2. The van der Waals surface area contributed by atoms with E-state index < -0.39 is 12.1 Å². The van der Waals surface area contributed by atoms with Crippen LogP contribution in [0.2, 0.25) is 0 Å². The predicted molar refractivity (Wildman–Crippen MR) is 132 cm³/mol. The lowest BCUT2D eigenvalue weighted by molar-refractivity contribution is 0.0289. The van der Waals surface area contributed by atoms with Crippen molar-refractivity contribution in [2.24, 2.45) is 0 Å². The minimum absolute atomic E-state index is 0.196. The standard InChI is InChI=1S/C25H30N8O5/c1-36-19-7-6-16-11-20(19)37-10-9-32-12-17(27-30-32)15-38-21-14-31(13-18(21)26-24(16)34)25(35)23-29-28-22-5-3-2-4-8-33(22)23/h6-7,11-12,18,21H,2-5,8-10,13-15H2,1H3,(H,26,34)/t18-,21-/m0/s1. The van der Waals surface area contributed by atoms with E-state index in [9.17, 15) is 9.59 Å². The zero-order chi connectivity index (χ0) is 26.1. The number of hydrogen-bond donors (Lipinski definition) is 1. The van der Waals surface area contributed by atoms with Crippen LogP contribution in [0.5, 0.6) is 11.5 Å². The van der Waals surface area contributed by atoms with Gasteiger partial charge in [0.05, 0.1) is 38.6 Å². The second-order valence-electron chi connectivity index (χ2n) is 9.73. The second-order valence-corrected chi connectivity index (χ2v) is 9.73. The Morgan fingerprint density at radius 2 is 2.05 bits per heavy atom. The van der Waals surface area contributed by atoms with Gasteiger partial charge in [-0.1, -0.05) is 11.6 Å². The first-order valence-corrected chi connectivity index (χ1v) is 12.9. The van der Waals surface area contributed by atoms with Crippen LogP contribution in [0, 0.1) is 0 Å². The fourth-order valence-electron chi connectivity index (χ4n) is 5.17. The van der Waals surface area contributed by atoms with Crippen molar-refractivity contribution in [2.45, 2.75) is 57.5 Å². The van der Waals surface area contributed by atoms with Gasteiger partial charge in [-0.15, -0.1) is 15.3 Å². The molecule has 2 aromatic heterocycles. The normalized spacial score (nSPS) is 21.7. The van der Waals surface area contributed by atoms with Gasteiger partial charge in [-0.3, -0.25) is 9.59 Å². The fraction of sp³-hybridized carbons (Fsp3) is 0.520. The number of ether oxygens (including phenoxy) is 3. The molecule has 38 heavy (non-hydrogen) atoms. The average molecular weight is 523 g/mol. The van der Waals surface area contributed by atoms with E-state index >= 15 is 0 Å². The van der Waals surface area contributed by atoms with Gasteiger partial charge in [0.1, 0.15) is 18.1 Å². The highest BCUT2D eigenvalue weighted by Gasteiger charge is 2.39. The molecule has 1 fully saturated rings. The maximum absolute atomic E-state index is 13.6. The maximum Gasteiger partial charge on any atom is 0.291 e. The number of aryl methyl sites for hydroxylation is 1. The molecular formula is C25H30N8O5. The van der Waals surface area contributed by atoms with Gasteiger partial charge in [-0.05, 0) is 31.0 Å². The molecule has 2 amide bonds. The quantitative estimate of drug-likeness (QED) is 0.519. The molecule has 3 aliphatic heterocycles. The summed E-state index contributed by atoms with van der Waals surface area (Å²) in [6, 6.07) is 4.59. The molecule has 13 heteroatoms. The summed E-state index contributed by atoms with van der Waals surface area (Å²) in [5.74, 6) is 1.67. The largest absolute Gasteiger partial charge is 0.493 e. The highest BCUT2D eigenvalue weighted by atomic mass is 16.5. The van der Waals surface area contributed by atoms with Gasteiger partial charge < -0.3 is 29.0 Å². The van der Waals surface area contributed by atoms with Crippen LogP contribution in [0.3, 0.4) is 0 Å². The van der Waals surface area contributed by atoms with E-state index in [2.05, 4.69) is 25.8 Å². The second kappa shape index (κ2) is 10.4. The van der Waals surface area contributed by atoms with Crippen molar-refractivity contribution in [1.82, 2.24) is 40.0 Å². The number of carbonyl (C=O) groups is 2. The summed E-state index contributed by atoms with van der Waals surface area (Å²) >= 11 is 0. The number of rotatable bonds is 2. The summed E-state index contributed by atoms with van der Waals surface area (Å²) in [6.07, 6.45) is 5.31. The molecule has 200 valence electrons. The van der Waals surface area contributed by atoms with Crippen LogP contribution in [-0.4, -0.2) is 85.4 Å². The molecule has 4 bridgehead atoms. The van der Waals surface area contributed by atoms with Gasteiger partial charge in [0, 0.05) is 31.6 Å². The van der Waals surface area contributed by atoms with Gasteiger partial charge in [0.25, 0.3) is 11.8 Å². The Kier molecular flexibility index (Phi) is 6.66. The predicted octanol–water partition coefficient (Wildman–Crippen LogP) is 0.837. The zero-order valence-corrected chi connectivity index (χ0v) is 21.2. The highest BCUT2D eigenvalue weighted by Crippen LogP contribution is 2.29. The number of methoxy groups -OCH3 is 1. The Balaban J connectivity index is 1.27. The number of nitrogens with one attached hydrogen (secondary N) is 1. The van der Waals surface area contributed by atoms with E-state index in [-0.39, 0.29) is 25.0 Å². The van der Waals surface area contributed by atoms with E-state index in [0.29, 0.717) is 48.3 Å². The highest BCUT2D eigenvalue weighted by molar-refractivity contribution is 5.95. The molecule has 0 radical (unpaired) electrons. The van der Waals surface area contributed by atoms with Crippen molar-refractivity contribution in [3.63, 3.8) is 0 Å². The third kappa shape index (κ3) is 4.80. The van der Waals surface area contributed by atoms with Gasteiger partial charge in [0.2, 0.25) is 5.82 Å². The van der Waals surface area contributed by atoms with Crippen molar-refractivity contribution < 1.29 is 23.8 Å². The van der Waals surface area contributed by atoms with Crippen molar-refractivity contribution >= 4 is 11.8 Å². The summed E-state index contributed by atoms with van der Waals surface area (Å²) < 4.78 is 21.1. The molecule has 6 rings (SSSR count). The number of fused-ring (bicyclic) bond motifs is 6. The third-order valence-corrected chi connectivity index (χ3v) is 7.21. The van der Waals surface area contributed by atoms with E-state index in [1.807, 2.05) is 4.57 Å². The Morgan fingerprint density at radius 1 is 1.13 bits per heavy atom. The van der Waals surface area contributed by atoms with E-state index in [1.165, 1.54) is 0 Å². The fourth-order valence-corrected chi connectivity index (χ4v) is 5.17. The lowest BCUT2D eigenvalue weighted by atomic mass is 10.1. The molecule has 0 saturated carbocycles. The van der Waals surface area contributed by atoms with Crippen LogP contribution in [0.15, 0.2) is 24.4 Å². The van der Waals surface area contributed by atoms with Crippen LogP contribution < -0.4 is 14.8 Å². The molecule has 1 N–H and O–H groups in total. The summed E-state index contributed by atoms with van der Waals surface area (Å²) in [7, 11) is 1.55. The number of aromatic nitrogens is 6. The lowest BCUT2D eigenvalue weighted by Crippen LogP contribution is -2.44. The van der Waals surface area contributed by atoms with E-state index in [1.54, 1.807) is 41.1 Å². The molecule has 2 atom stereocenters. The van der Waals surface area contributed by atoms with Crippen LogP contribution in [0.25, 0.3) is 0 Å². The minimum Gasteiger partial charge on any atom is -0.493 e. The summed E-state index contributed by atoms with van der Waals surface area (Å²) in [4.78, 5) is 28.5. The van der Waals surface area contributed by atoms with Crippen molar-refractivity contribution in [1.29, 1.82) is 0 Å². The molecule has 0 unspecified atom stereocenters. The number of hydrogen-bond acceptors (Lipinski definition) is 9. The molecule has 0 spiro atoms. The first kappa shape index (κ1) is 24.3. The van der Waals surface area contributed by atoms with Gasteiger partial charge in [-0.2, -0.15) is 0 Å². The minimum atomic E-state index is -0.446. The lowest BCUT2D eigenvalue weighted by Gasteiger charge is -2.20. The monoisotopic (exact) mass is 522 g/mol. The first-order valence-electron chi connectivity index (χ1n) is 12.9. The Bertz CT molecular complexity index is 1340. The molecule has 0 aliphatic carbocycles. The Hall–Kier alpha value is -4.00. The van der Waals surface area contributed by atoms with E-state index in [0.717, 1.165) is 38.1 Å². The van der Waals surface area contributed by atoms with Crippen molar-refractivity contribution in [3.8, 4) is 11.5 Å². The summed E-state index contributed by atoms with van der Waals surface area (Å²) in [5.41, 5.74) is 1.07. The summed E-state index contributed by atoms with van der Waals surface area (Å²) in [5, 5.41) is 19.9. The van der Waals surface area contributed by atoms with Crippen LogP contribution in [0.1, 0.15) is 51.8 Å². The number of benzene rings is 1. The van der Waals surface area contributed by atoms with Crippen LogP contribution in [0.4, 0.5) is 0 Å². The number of likely N-dealkylation sites (tertiary alicyclic amines) is 1. The number of nitrogens with zero attached hydrogens (tertiary/aromatic N) is 7. The Morgan fingerprint density at radius 3 is 2.95 bits per heavy atom. The zero-order valence-electron chi connectivity index (χ0n) is 21.2. The van der Waals surface area contributed by atoms with Gasteiger partial charge in [0.15, 0.2) is 11.5 Å².